The predicted octanol–water partition coefficient (Wildman–Crippen LogP) is 5.46. The number of ether oxygens (including phenoxy) is 1. The number of hydrogen-bond donors (Lipinski definition) is 1. The minimum absolute atomic E-state index is 0.171. The van der Waals surface area contributed by atoms with E-state index in [9.17, 15) is 4.79 Å². The molecule has 0 bridgehead atoms. The summed E-state index contributed by atoms with van der Waals surface area (Å²) >= 11 is 12.7. The second-order valence-corrected chi connectivity index (χ2v) is 8.46. The van der Waals surface area contributed by atoms with E-state index in [4.69, 9.17) is 27.9 Å². The van der Waals surface area contributed by atoms with Gasteiger partial charge in [0.25, 0.3) is 0 Å². The molecule has 0 spiro atoms. The molecule has 7 heteroatoms. The van der Waals surface area contributed by atoms with E-state index < -0.39 is 6.09 Å². The molecule has 0 saturated carbocycles. The molecule has 2 aromatic carbocycles. The molecule has 1 atom stereocenters. The molecule has 1 aliphatic rings. The molecule has 0 radical (unpaired) electrons. The van der Waals surface area contributed by atoms with Crippen LogP contribution in [0.1, 0.15) is 36.5 Å². The molecule has 1 aliphatic heterocycles. The lowest BCUT2D eigenvalue weighted by Crippen LogP contribution is -2.31. The van der Waals surface area contributed by atoms with Crippen LogP contribution in [0.3, 0.4) is 0 Å². The van der Waals surface area contributed by atoms with Crippen molar-refractivity contribution in [1.29, 1.82) is 0 Å². The monoisotopic (exact) mass is 449 g/mol. The summed E-state index contributed by atoms with van der Waals surface area (Å²) in [4.78, 5) is 16.5. The first-order valence-electron chi connectivity index (χ1n) is 10.3. The Morgan fingerprint density at radius 3 is 2.57 bits per heavy atom. The van der Waals surface area contributed by atoms with E-state index in [0.717, 1.165) is 43.9 Å². The number of benzene rings is 2. The fraction of sp³-hybridized carbons (Fsp3) is 0.435. The Bertz CT molecular complexity index is 869. The maximum atomic E-state index is 12.1. The van der Waals surface area contributed by atoms with E-state index in [1.165, 1.54) is 5.56 Å². The molecule has 1 heterocycles. The summed E-state index contributed by atoms with van der Waals surface area (Å²) in [5.41, 5.74) is 4.16. The number of nitrogens with one attached hydrogen (secondary N) is 1. The highest BCUT2D eigenvalue weighted by Crippen LogP contribution is 2.38. The number of likely N-dealkylation sites (N-methyl/N-ethyl adjacent to an activating group) is 2. The van der Waals surface area contributed by atoms with Crippen molar-refractivity contribution in [2.24, 2.45) is 0 Å². The van der Waals surface area contributed by atoms with Gasteiger partial charge in [0.2, 0.25) is 0 Å². The first kappa shape index (κ1) is 22.9. The molecule has 0 aromatic heterocycles. The molecule has 1 N–H and O–H groups in total. The maximum Gasteiger partial charge on any atom is 0.411 e. The number of halogens is 2. The Balaban J connectivity index is 1.66. The van der Waals surface area contributed by atoms with Gasteiger partial charge in [0.1, 0.15) is 6.61 Å². The van der Waals surface area contributed by atoms with E-state index in [2.05, 4.69) is 36.0 Å². The van der Waals surface area contributed by atoms with Crippen molar-refractivity contribution in [3.63, 3.8) is 0 Å². The summed E-state index contributed by atoms with van der Waals surface area (Å²) in [5.74, 6) is 0.171. The number of carbonyl (C=O) groups is 1. The molecule has 0 aliphatic carbocycles. The second-order valence-electron chi connectivity index (χ2n) is 7.61. The summed E-state index contributed by atoms with van der Waals surface area (Å²) in [5, 5.41) is 4.16. The summed E-state index contributed by atoms with van der Waals surface area (Å²) in [6.07, 6.45) is -0.434. The van der Waals surface area contributed by atoms with Crippen LogP contribution < -0.4 is 5.32 Å². The molecule has 3 rings (SSSR count). The molecule has 0 saturated heterocycles. The van der Waals surface area contributed by atoms with Gasteiger partial charge in [-0.15, -0.1) is 0 Å². The third kappa shape index (κ3) is 5.67. The van der Waals surface area contributed by atoms with E-state index in [1.54, 1.807) is 6.07 Å². The van der Waals surface area contributed by atoms with Gasteiger partial charge in [0, 0.05) is 41.3 Å². The molecule has 2 aromatic rings. The highest BCUT2D eigenvalue weighted by atomic mass is 35.5. The number of rotatable bonds is 7. The molecule has 5 nitrogen and oxygen atoms in total. The van der Waals surface area contributed by atoms with Crippen LogP contribution in [0.5, 0.6) is 0 Å². The van der Waals surface area contributed by atoms with Gasteiger partial charge in [-0.25, -0.2) is 4.79 Å². The van der Waals surface area contributed by atoms with Crippen molar-refractivity contribution in [2.45, 2.75) is 26.3 Å². The van der Waals surface area contributed by atoms with E-state index in [-0.39, 0.29) is 5.92 Å². The van der Waals surface area contributed by atoms with Crippen molar-refractivity contribution in [1.82, 2.24) is 9.80 Å². The Hall–Kier alpha value is -1.79. The van der Waals surface area contributed by atoms with E-state index in [1.807, 2.05) is 30.3 Å². The van der Waals surface area contributed by atoms with Crippen LogP contribution in [0.4, 0.5) is 10.5 Å². The average molecular weight is 450 g/mol. The van der Waals surface area contributed by atoms with Crippen molar-refractivity contribution >= 4 is 35.0 Å². The molecule has 30 heavy (non-hydrogen) atoms. The van der Waals surface area contributed by atoms with Crippen LogP contribution in [0, 0.1) is 0 Å². The lowest BCUT2D eigenvalue weighted by molar-refractivity contribution is 0.142. The van der Waals surface area contributed by atoms with E-state index >= 15 is 0 Å². The number of fused-ring (bicyclic) bond motifs is 1. The van der Waals surface area contributed by atoms with E-state index in [0.29, 0.717) is 22.3 Å². The van der Waals surface area contributed by atoms with Gasteiger partial charge in [-0.1, -0.05) is 49.2 Å². The second kappa shape index (κ2) is 10.5. The Morgan fingerprint density at radius 2 is 1.90 bits per heavy atom. The standard InChI is InChI=1S/C23H29Cl2N3O2/c1-4-28(5-2)10-11-30-23(29)26-18-8-6-16(7-9-18)20-14-27(3)15-21-19(20)12-17(24)13-22(21)25/h6-9,12-13,20H,4-5,10-11,14-15H2,1-3H3,(H,26,29). The Labute approximate surface area is 188 Å². The topological polar surface area (TPSA) is 44.8 Å². The summed E-state index contributed by atoms with van der Waals surface area (Å²) < 4.78 is 5.29. The minimum Gasteiger partial charge on any atom is -0.448 e. The number of nitrogens with zero attached hydrogens (tertiary/aromatic N) is 2. The van der Waals surface area contributed by atoms with Gasteiger partial charge < -0.3 is 14.5 Å². The predicted molar refractivity (Wildman–Crippen MR) is 124 cm³/mol. The molecule has 1 unspecified atom stereocenters. The van der Waals surface area contributed by atoms with Crippen LogP contribution in [0.25, 0.3) is 0 Å². The summed E-state index contributed by atoms with van der Waals surface area (Å²) in [6, 6.07) is 11.7. The highest BCUT2D eigenvalue weighted by molar-refractivity contribution is 6.35. The van der Waals surface area contributed by atoms with Crippen molar-refractivity contribution in [3.8, 4) is 0 Å². The van der Waals surface area contributed by atoms with Crippen LogP contribution >= 0.6 is 23.2 Å². The quantitative estimate of drug-likeness (QED) is 0.609. The lowest BCUT2D eigenvalue weighted by atomic mass is 9.85. The first-order valence-corrected chi connectivity index (χ1v) is 11.1. The normalized spacial score (nSPS) is 16.4. The molecule has 0 fully saturated rings. The van der Waals surface area contributed by atoms with Gasteiger partial charge >= 0.3 is 6.09 Å². The van der Waals surface area contributed by atoms with Crippen molar-refractivity contribution in [3.05, 3.63) is 63.1 Å². The molecular weight excluding hydrogens is 421 g/mol. The number of anilines is 1. The van der Waals surface area contributed by atoms with Gasteiger partial charge in [0.15, 0.2) is 0 Å². The Kier molecular flexibility index (Phi) is 8.00. The third-order valence-corrected chi connectivity index (χ3v) is 6.14. The zero-order valence-electron chi connectivity index (χ0n) is 17.8. The highest BCUT2D eigenvalue weighted by Gasteiger charge is 2.27. The summed E-state index contributed by atoms with van der Waals surface area (Å²) in [6.45, 7) is 8.87. The summed E-state index contributed by atoms with van der Waals surface area (Å²) in [7, 11) is 2.09. The SMILES string of the molecule is CCN(CC)CCOC(=O)Nc1ccc(C2CN(C)Cc3c(Cl)cc(Cl)cc32)cc1. The van der Waals surface area contributed by atoms with Crippen LogP contribution in [0.15, 0.2) is 36.4 Å². The van der Waals surface area contributed by atoms with Crippen molar-refractivity contribution in [2.75, 3.05) is 45.2 Å². The van der Waals surface area contributed by atoms with Gasteiger partial charge in [0.05, 0.1) is 0 Å². The van der Waals surface area contributed by atoms with Gasteiger partial charge in [-0.2, -0.15) is 0 Å². The van der Waals surface area contributed by atoms with Crippen LogP contribution in [0.2, 0.25) is 10.0 Å². The lowest BCUT2D eigenvalue weighted by Gasteiger charge is -2.33. The number of carbonyl (C=O) groups excluding carboxylic acids is 1. The number of hydrogen-bond acceptors (Lipinski definition) is 4. The first-order chi connectivity index (χ1) is 14.4. The fourth-order valence-electron chi connectivity index (χ4n) is 3.89. The minimum atomic E-state index is -0.434. The van der Waals surface area contributed by atoms with Crippen LogP contribution in [-0.2, 0) is 11.3 Å². The Morgan fingerprint density at radius 1 is 1.20 bits per heavy atom. The fourth-order valence-corrected chi connectivity index (χ4v) is 4.46. The molecule has 162 valence electrons. The smallest absolute Gasteiger partial charge is 0.411 e. The molecule has 1 amide bonds. The number of amides is 1. The van der Waals surface area contributed by atoms with Gasteiger partial charge in [-0.3, -0.25) is 5.32 Å². The van der Waals surface area contributed by atoms with Gasteiger partial charge in [-0.05, 0) is 61.1 Å². The zero-order chi connectivity index (χ0) is 21.7. The maximum absolute atomic E-state index is 12.1. The van der Waals surface area contributed by atoms with Crippen molar-refractivity contribution < 1.29 is 9.53 Å². The van der Waals surface area contributed by atoms with Crippen LogP contribution in [-0.4, -0.2) is 55.7 Å². The largest absolute Gasteiger partial charge is 0.448 e. The third-order valence-electron chi connectivity index (χ3n) is 5.59. The zero-order valence-corrected chi connectivity index (χ0v) is 19.3. The average Bonchev–Trinajstić information content (AvgIpc) is 2.72. The molecular formula is C23H29Cl2N3O2.